The van der Waals surface area contributed by atoms with E-state index in [1.54, 1.807) is 0 Å². The monoisotopic (exact) mass is 257 g/mol. The van der Waals surface area contributed by atoms with Gasteiger partial charge < -0.3 is 10.1 Å². The van der Waals surface area contributed by atoms with Crippen LogP contribution < -0.4 is 5.32 Å². The van der Waals surface area contributed by atoms with Gasteiger partial charge >= 0.3 is 5.97 Å². The van der Waals surface area contributed by atoms with Crippen molar-refractivity contribution in [1.29, 1.82) is 0 Å². The molecule has 0 aliphatic heterocycles. The maximum atomic E-state index is 11.5. The molecule has 0 rings (SSSR count). The molecule has 3 nitrogen and oxygen atoms in total. The first-order valence-corrected chi connectivity index (χ1v) is 7.30. The first-order valence-electron chi connectivity index (χ1n) is 7.30. The molecule has 0 saturated carbocycles. The summed E-state index contributed by atoms with van der Waals surface area (Å²) in [5.41, 5.74) is -0.387. The van der Waals surface area contributed by atoms with Crippen LogP contribution >= 0.6 is 0 Å². The molecule has 18 heavy (non-hydrogen) atoms. The molecule has 1 atom stereocenters. The molecule has 0 fully saturated rings. The Kier molecular flexibility index (Phi) is 9.08. The summed E-state index contributed by atoms with van der Waals surface area (Å²) in [4.78, 5) is 11.5. The maximum Gasteiger partial charge on any atom is 0.320 e. The Bertz CT molecular complexity index is 221. The third-order valence-electron chi connectivity index (χ3n) is 2.76. The van der Waals surface area contributed by atoms with Gasteiger partial charge in [0.25, 0.3) is 0 Å². The standard InChI is InChI=1S/C15H31NO2/c1-6-7-8-9-10-11-13(2)16-12-14(17)18-15(3,4)5/h13,16H,6-12H2,1-5H3. The van der Waals surface area contributed by atoms with Gasteiger partial charge in [-0.1, -0.05) is 39.0 Å². The molecular weight excluding hydrogens is 226 g/mol. The molecular formula is C15H31NO2. The minimum absolute atomic E-state index is 0.166. The molecule has 3 heteroatoms. The fourth-order valence-corrected chi connectivity index (χ4v) is 1.79. The summed E-state index contributed by atoms with van der Waals surface area (Å²) in [6.45, 7) is 10.3. The number of carbonyl (C=O) groups excluding carboxylic acids is 1. The second-order valence-electron chi connectivity index (χ2n) is 6.07. The predicted molar refractivity (Wildman–Crippen MR) is 76.7 cm³/mol. The van der Waals surface area contributed by atoms with E-state index in [1.807, 2.05) is 20.8 Å². The van der Waals surface area contributed by atoms with E-state index in [-0.39, 0.29) is 11.6 Å². The van der Waals surface area contributed by atoms with Crippen molar-refractivity contribution in [3.05, 3.63) is 0 Å². The van der Waals surface area contributed by atoms with E-state index < -0.39 is 0 Å². The quantitative estimate of drug-likeness (QED) is 0.506. The Balaban J connectivity index is 3.52. The van der Waals surface area contributed by atoms with Gasteiger partial charge in [0.15, 0.2) is 0 Å². The van der Waals surface area contributed by atoms with Gasteiger partial charge in [0, 0.05) is 6.04 Å². The Morgan fingerprint density at radius 2 is 1.78 bits per heavy atom. The molecule has 108 valence electrons. The molecule has 0 aromatic heterocycles. The highest BCUT2D eigenvalue weighted by atomic mass is 16.6. The third-order valence-corrected chi connectivity index (χ3v) is 2.76. The molecule has 0 aliphatic rings. The van der Waals surface area contributed by atoms with Gasteiger partial charge in [0.1, 0.15) is 5.60 Å². The fraction of sp³-hybridized carbons (Fsp3) is 0.933. The number of ether oxygens (including phenoxy) is 1. The van der Waals surface area contributed by atoms with Crippen LogP contribution in [-0.4, -0.2) is 24.2 Å². The molecule has 0 spiro atoms. The van der Waals surface area contributed by atoms with Crippen LogP contribution in [0.1, 0.15) is 73.1 Å². The first-order chi connectivity index (χ1) is 8.35. The zero-order valence-electron chi connectivity index (χ0n) is 12.8. The molecule has 1 N–H and O–H groups in total. The van der Waals surface area contributed by atoms with Crippen LogP contribution in [0.3, 0.4) is 0 Å². The van der Waals surface area contributed by atoms with E-state index in [0.29, 0.717) is 12.6 Å². The minimum Gasteiger partial charge on any atom is -0.459 e. The van der Waals surface area contributed by atoms with Crippen molar-refractivity contribution in [1.82, 2.24) is 5.32 Å². The van der Waals surface area contributed by atoms with Gasteiger partial charge in [-0.2, -0.15) is 0 Å². The summed E-state index contributed by atoms with van der Waals surface area (Å²) in [6.07, 6.45) is 7.61. The summed E-state index contributed by atoms with van der Waals surface area (Å²) in [5, 5.41) is 3.22. The van der Waals surface area contributed by atoms with Crippen LogP contribution in [0.4, 0.5) is 0 Å². The lowest BCUT2D eigenvalue weighted by Crippen LogP contribution is -2.35. The van der Waals surface area contributed by atoms with E-state index in [1.165, 1.54) is 32.1 Å². The number of hydrogen-bond donors (Lipinski definition) is 1. The lowest BCUT2D eigenvalue weighted by Gasteiger charge is -2.20. The normalized spacial score (nSPS) is 13.4. The molecule has 0 aromatic carbocycles. The number of esters is 1. The number of nitrogens with one attached hydrogen (secondary N) is 1. The van der Waals surface area contributed by atoms with Gasteiger partial charge in [-0.05, 0) is 34.1 Å². The average Bonchev–Trinajstić information content (AvgIpc) is 2.24. The largest absolute Gasteiger partial charge is 0.459 e. The molecule has 0 bridgehead atoms. The van der Waals surface area contributed by atoms with Crippen LogP contribution in [0.5, 0.6) is 0 Å². The number of carbonyl (C=O) groups is 1. The summed E-state index contributed by atoms with van der Waals surface area (Å²) in [6, 6.07) is 0.388. The lowest BCUT2D eigenvalue weighted by atomic mass is 10.1. The van der Waals surface area contributed by atoms with Crippen molar-refractivity contribution < 1.29 is 9.53 Å². The predicted octanol–water partition coefficient (Wildman–Crippen LogP) is 3.67. The van der Waals surface area contributed by atoms with Crippen molar-refractivity contribution in [2.24, 2.45) is 0 Å². The van der Waals surface area contributed by atoms with Crippen LogP contribution in [0, 0.1) is 0 Å². The summed E-state index contributed by atoms with van der Waals surface area (Å²) < 4.78 is 5.24. The Hall–Kier alpha value is -0.570. The van der Waals surface area contributed by atoms with E-state index in [9.17, 15) is 4.79 Å². The zero-order chi connectivity index (χ0) is 14.0. The average molecular weight is 257 g/mol. The molecule has 0 amide bonds. The van der Waals surface area contributed by atoms with E-state index >= 15 is 0 Å². The summed E-state index contributed by atoms with van der Waals surface area (Å²) in [5.74, 6) is -0.166. The zero-order valence-corrected chi connectivity index (χ0v) is 12.8. The SMILES string of the molecule is CCCCCCCC(C)NCC(=O)OC(C)(C)C. The fourth-order valence-electron chi connectivity index (χ4n) is 1.79. The van der Waals surface area contributed by atoms with E-state index in [0.717, 1.165) is 6.42 Å². The summed E-state index contributed by atoms with van der Waals surface area (Å²) >= 11 is 0. The molecule has 0 saturated heterocycles. The van der Waals surface area contributed by atoms with E-state index in [2.05, 4.69) is 19.2 Å². The van der Waals surface area contributed by atoms with Crippen molar-refractivity contribution in [2.45, 2.75) is 84.8 Å². The van der Waals surface area contributed by atoms with Crippen molar-refractivity contribution >= 4 is 5.97 Å². The lowest BCUT2D eigenvalue weighted by molar-refractivity contribution is -0.153. The van der Waals surface area contributed by atoms with Crippen molar-refractivity contribution in [3.8, 4) is 0 Å². The Labute approximate surface area is 113 Å². The molecule has 0 radical (unpaired) electrons. The number of unbranched alkanes of at least 4 members (excludes halogenated alkanes) is 4. The van der Waals surface area contributed by atoms with Crippen molar-refractivity contribution in [3.63, 3.8) is 0 Å². The topological polar surface area (TPSA) is 38.3 Å². The van der Waals surface area contributed by atoms with Gasteiger partial charge in [0.05, 0.1) is 6.54 Å². The van der Waals surface area contributed by atoms with Gasteiger partial charge in [-0.25, -0.2) is 0 Å². The first kappa shape index (κ1) is 17.4. The van der Waals surface area contributed by atoms with Gasteiger partial charge in [0.2, 0.25) is 0 Å². The number of hydrogen-bond acceptors (Lipinski definition) is 3. The molecule has 1 unspecified atom stereocenters. The van der Waals surface area contributed by atoms with Gasteiger partial charge in [-0.15, -0.1) is 0 Å². The third kappa shape index (κ3) is 11.9. The van der Waals surface area contributed by atoms with E-state index in [4.69, 9.17) is 4.74 Å². The van der Waals surface area contributed by atoms with Gasteiger partial charge in [-0.3, -0.25) is 4.79 Å². The minimum atomic E-state index is -0.387. The van der Waals surface area contributed by atoms with Crippen LogP contribution in [0.2, 0.25) is 0 Å². The van der Waals surface area contributed by atoms with Crippen LogP contribution in [0.25, 0.3) is 0 Å². The molecule has 0 aromatic rings. The van der Waals surface area contributed by atoms with Crippen LogP contribution in [0.15, 0.2) is 0 Å². The van der Waals surface area contributed by atoms with Crippen LogP contribution in [-0.2, 0) is 9.53 Å². The smallest absolute Gasteiger partial charge is 0.320 e. The Morgan fingerprint density at radius 3 is 2.33 bits per heavy atom. The second kappa shape index (κ2) is 9.37. The van der Waals surface area contributed by atoms with Crippen molar-refractivity contribution in [2.75, 3.05) is 6.54 Å². The maximum absolute atomic E-state index is 11.5. The molecule has 0 heterocycles. The summed E-state index contributed by atoms with van der Waals surface area (Å²) in [7, 11) is 0. The highest BCUT2D eigenvalue weighted by Crippen LogP contribution is 2.08. The Morgan fingerprint density at radius 1 is 1.17 bits per heavy atom. The molecule has 0 aliphatic carbocycles. The second-order valence-corrected chi connectivity index (χ2v) is 6.07. The number of rotatable bonds is 9. The highest BCUT2D eigenvalue weighted by molar-refractivity contribution is 5.72. The highest BCUT2D eigenvalue weighted by Gasteiger charge is 2.16.